The second kappa shape index (κ2) is 7.62. The van der Waals surface area contributed by atoms with E-state index in [1.54, 1.807) is 0 Å². The SMILES string of the molecule is Cc1ccn(C[C@H](C)C(=O)N2CCC[C@H](c3nc4ccccc4cc3N)C2)n1. The van der Waals surface area contributed by atoms with Crippen molar-refractivity contribution < 1.29 is 4.79 Å². The number of benzene rings is 1. The van der Waals surface area contributed by atoms with Crippen LogP contribution in [0, 0.1) is 12.8 Å². The Hall–Kier alpha value is -2.89. The van der Waals surface area contributed by atoms with Crippen molar-refractivity contribution >= 4 is 22.5 Å². The van der Waals surface area contributed by atoms with Gasteiger partial charge in [-0.3, -0.25) is 14.5 Å². The third-order valence-electron chi connectivity index (χ3n) is 5.56. The number of aromatic nitrogens is 3. The number of hydrogen-bond acceptors (Lipinski definition) is 4. The molecule has 1 aromatic carbocycles. The molecule has 0 saturated carbocycles. The number of amides is 1. The van der Waals surface area contributed by atoms with Crippen molar-refractivity contribution in [3.63, 3.8) is 0 Å². The minimum absolute atomic E-state index is 0.111. The van der Waals surface area contributed by atoms with Crippen LogP contribution >= 0.6 is 0 Å². The van der Waals surface area contributed by atoms with E-state index in [4.69, 9.17) is 10.7 Å². The Morgan fingerprint density at radius 2 is 2.14 bits per heavy atom. The number of piperidine rings is 1. The van der Waals surface area contributed by atoms with E-state index < -0.39 is 0 Å². The Bertz CT molecular complexity index is 996. The smallest absolute Gasteiger partial charge is 0.227 e. The number of aryl methyl sites for hydroxylation is 1. The summed E-state index contributed by atoms with van der Waals surface area (Å²) < 4.78 is 1.85. The Kier molecular flexibility index (Phi) is 5.03. The molecule has 0 radical (unpaired) electrons. The number of nitrogens with two attached hydrogens (primary N) is 1. The van der Waals surface area contributed by atoms with Crippen molar-refractivity contribution in [2.75, 3.05) is 18.8 Å². The van der Waals surface area contributed by atoms with Gasteiger partial charge in [-0.05, 0) is 38.0 Å². The zero-order valence-electron chi connectivity index (χ0n) is 16.5. The first-order chi connectivity index (χ1) is 13.5. The summed E-state index contributed by atoms with van der Waals surface area (Å²) in [5.41, 5.74) is 9.89. The van der Waals surface area contributed by atoms with E-state index in [-0.39, 0.29) is 17.7 Å². The van der Waals surface area contributed by atoms with Gasteiger partial charge in [-0.15, -0.1) is 0 Å². The van der Waals surface area contributed by atoms with Crippen molar-refractivity contribution in [1.29, 1.82) is 0 Å². The summed E-state index contributed by atoms with van der Waals surface area (Å²) in [5, 5.41) is 5.45. The molecular formula is C22H27N5O. The fourth-order valence-electron chi connectivity index (χ4n) is 4.11. The highest BCUT2D eigenvalue weighted by Crippen LogP contribution is 2.31. The number of carbonyl (C=O) groups excluding carboxylic acids is 1. The van der Waals surface area contributed by atoms with Gasteiger partial charge in [-0.1, -0.05) is 25.1 Å². The second-order valence-corrected chi connectivity index (χ2v) is 7.86. The first-order valence-corrected chi connectivity index (χ1v) is 9.95. The van der Waals surface area contributed by atoms with Crippen LogP contribution in [0.2, 0.25) is 0 Å². The molecule has 0 unspecified atom stereocenters. The van der Waals surface area contributed by atoms with Gasteiger partial charge in [0.2, 0.25) is 5.91 Å². The molecule has 146 valence electrons. The third-order valence-corrected chi connectivity index (χ3v) is 5.56. The lowest BCUT2D eigenvalue weighted by atomic mass is 9.92. The number of likely N-dealkylation sites (tertiary alicyclic amines) is 1. The minimum Gasteiger partial charge on any atom is -0.397 e. The van der Waals surface area contributed by atoms with E-state index in [1.165, 1.54) is 0 Å². The Labute approximate surface area is 165 Å². The van der Waals surface area contributed by atoms with Gasteiger partial charge in [0.15, 0.2) is 0 Å². The third kappa shape index (κ3) is 3.72. The van der Waals surface area contributed by atoms with E-state index in [2.05, 4.69) is 5.10 Å². The van der Waals surface area contributed by atoms with Crippen LogP contribution in [0.3, 0.4) is 0 Å². The van der Waals surface area contributed by atoms with Gasteiger partial charge in [-0.2, -0.15) is 5.10 Å². The fraction of sp³-hybridized carbons (Fsp3) is 0.409. The van der Waals surface area contributed by atoms with Crippen LogP contribution in [0.1, 0.15) is 37.1 Å². The van der Waals surface area contributed by atoms with E-state index >= 15 is 0 Å². The first kappa shape index (κ1) is 18.5. The molecule has 1 aliphatic rings. The fourth-order valence-corrected chi connectivity index (χ4v) is 4.11. The molecule has 2 aromatic heterocycles. The molecule has 1 amide bonds. The summed E-state index contributed by atoms with van der Waals surface area (Å²) in [6.07, 6.45) is 3.90. The number of nitrogen functional groups attached to an aromatic ring is 1. The summed E-state index contributed by atoms with van der Waals surface area (Å²) in [4.78, 5) is 19.8. The Balaban J connectivity index is 1.49. The minimum atomic E-state index is -0.111. The number of carbonyl (C=O) groups is 1. The molecule has 4 rings (SSSR count). The lowest BCUT2D eigenvalue weighted by Crippen LogP contribution is -2.43. The normalized spacial score (nSPS) is 18.4. The van der Waals surface area contributed by atoms with Crippen molar-refractivity contribution in [2.24, 2.45) is 5.92 Å². The molecule has 0 bridgehead atoms. The predicted molar refractivity (Wildman–Crippen MR) is 111 cm³/mol. The number of nitrogens with zero attached hydrogens (tertiary/aromatic N) is 4. The molecule has 2 N–H and O–H groups in total. The number of anilines is 1. The molecule has 0 spiro atoms. The molecule has 2 atom stereocenters. The summed E-state index contributed by atoms with van der Waals surface area (Å²) in [6.45, 7) is 6.01. The van der Waals surface area contributed by atoms with Gasteiger partial charge in [0.25, 0.3) is 0 Å². The Morgan fingerprint density at radius 3 is 2.93 bits per heavy atom. The highest BCUT2D eigenvalue weighted by Gasteiger charge is 2.29. The summed E-state index contributed by atoms with van der Waals surface area (Å²) in [5.74, 6) is 0.249. The molecule has 3 heterocycles. The van der Waals surface area contributed by atoms with Crippen molar-refractivity contribution in [3.05, 3.63) is 54.0 Å². The van der Waals surface area contributed by atoms with Crippen molar-refractivity contribution in [2.45, 2.75) is 39.2 Å². The molecule has 28 heavy (non-hydrogen) atoms. The molecule has 6 nitrogen and oxygen atoms in total. The van der Waals surface area contributed by atoms with E-state index in [1.807, 2.05) is 66.0 Å². The van der Waals surface area contributed by atoms with Gasteiger partial charge in [0, 0.05) is 30.6 Å². The molecule has 3 aromatic rings. The van der Waals surface area contributed by atoms with Crippen LogP contribution in [-0.4, -0.2) is 38.7 Å². The zero-order chi connectivity index (χ0) is 19.7. The van der Waals surface area contributed by atoms with Crippen LogP contribution in [0.15, 0.2) is 42.6 Å². The zero-order valence-corrected chi connectivity index (χ0v) is 16.5. The number of para-hydroxylation sites is 1. The van der Waals surface area contributed by atoms with Crippen LogP contribution in [0.4, 0.5) is 5.69 Å². The number of hydrogen-bond donors (Lipinski definition) is 1. The molecular weight excluding hydrogens is 350 g/mol. The standard InChI is InChI=1S/C22H27N5O/c1-15(13-27-11-9-16(2)25-27)22(28)26-10-5-7-18(14-26)21-19(23)12-17-6-3-4-8-20(17)24-21/h3-4,6,8-9,11-12,15,18H,5,7,10,13-14,23H2,1-2H3/t15-,18-/m0/s1. The summed E-state index contributed by atoms with van der Waals surface area (Å²) in [7, 11) is 0. The number of rotatable bonds is 4. The quantitative estimate of drug-likeness (QED) is 0.756. The molecule has 1 saturated heterocycles. The van der Waals surface area contributed by atoms with Gasteiger partial charge in [-0.25, -0.2) is 0 Å². The van der Waals surface area contributed by atoms with Crippen LogP contribution in [-0.2, 0) is 11.3 Å². The van der Waals surface area contributed by atoms with Crippen LogP contribution in [0.25, 0.3) is 10.9 Å². The lowest BCUT2D eigenvalue weighted by molar-refractivity contribution is -0.136. The summed E-state index contributed by atoms with van der Waals surface area (Å²) >= 11 is 0. The van der Waals surface area contributed by atoms with Crippen molar-refractivity contribution in [1.82, 2.24) is 19.7 Å². The summed E-state index contributed by atoms with van der Waals surface area (Å²) in [6, 6.07) is 12.0. The van der Waals surface area contributed by atoms with Gasteiger partial charge >= 0.3 is 0 Å². The maximum absolute atomic E-state index is 13.0. The average molecular weight is 377 g/mol. The second-order valence-electron chi connectivity index (χ2n) is 7.86. The van der Waals surface area contributed by atoms with Crippen LogP contribution in [0.5, 0.6) is 0 Å². The van der Waals surface area contributed by atoms with Crippen LogP contribution < -0.4 is 5.73 Å². The predicted octanol–water partition coefficient (Wildman–Crippen LogP) is 3.36. The molecule has 6 heteroatoms. The molecule has 1 fully saturated rings. The molecule has 0 aliphatic carbocycles. The first-order valence-electron chi connectivity index (χ1n) is 9.95. The number of fused-ring (bicyclic) bond motifs is 1. The van der Waals surface area contributed by atoms with Gasteiger partial charge in [0.1, 0.15) is 0 Å². The Morgan fingerprint density at radius 1 is 1.32 bits per heavy atom. The average Bonchev–Trinajstić information content (AvgIpc) is 3.11. The van der Waals surface area contributed by atoms with Crippen molar-refractivity contribution in [3.8, 4) is 0 Å². The highest BCUT2D eigenvalue weighted by molar-refractivity contribution is 5.82. The maximum Gasteiger partial charge on any atom is 0.227 e. The van der Waals surface area contributed by atoms with Gasteiger partial charge in [0.05, 0.1) is 35.1 Å². The monoisotopic (exact) mass is 377 g/mol. The lowest BCUT2D eigenvalue weighted by Gasteiger charge is -2.34. The number of pyridine rings is 1. The highest BCUT2D eigenvalue weighted by atomic mass is 16.2. The topological polar surface area (TPSA) is 77.0 Å². The van der Waals surface area contributed by atoms with Gasteiger partial charge < -0.3 is 10.6 Å². The molecule has 1 aliphatic heterocycles. The van der Waals surface area contributed by atoms with E-state index in [9.17, 15) is 4.79 Å². The maximum atomic E-state index is 13.0. The van der Waals surface area contributed by atoms with E-state index in [0.29, 0.717) is 13.1 Å². The van der Waals surface area contributed by atoms with E-state index in [0.717, 1.165) is 47.4 Å². The largest absolute Gasteiger partial charge is 0.397 e.